The molecule has 0 saturated carbocycles. The highest BCUT2D eigenvalue weighted by molar-refractivity contribution is 8.01. The van der Waals surface area contributed by atoms with Crippen LogP contribution in [0, 0.1) is 9.77 Å². The molecule has 0 amide bonds. The number of carbonyl (C=O) groups excluding carboxylic acids is 1. The van der Waals surface area contributed by atoms with Gasteiger partial charge in [-0.05, 0) is 62.0 Å². The smallest absolute Gasteiger partial charge is 0.304 e. The van der Waals surface area contributed by atoms with E-state index in [9.17, 15) is 14.0 Å². The van der Waals surface area contributed by atoms with Crippen molar-refractivity contribution in [2.45, 2.75) is 36.6 Å². The summed E-state index contributed by atoms with van der Waals surface area (Å²) < 4.78 is 16.1. The predicted octanol–water partition coefficient (Wildman–Crippen LogP) is 6.27. The molecule has 0 unspecified atom stereocenters. The molecule has 2 heterocycles. The molecule has 2 aromatic carbocycles. The van der Waals surface area contributed by atoms with Gasteiger partial charge < -0.3 is 10.4 Å². The summed E-state index contributed by atoms with van der Waals surface area (Å²) in [5.74, 6) is -0.648. The number of nitrogens with zero attached hydrogens (tertiary/aromatic N) is 4. The molecule has 0 aliphatic rings. The van der Waals surface area contributed by atoms with Crippen molar-refractivity contribution in [1.29, 1.82) is 0 Å². The van der Waals surface area contributed by atoms with E-state index in [0.717, 1.165) is 5.56 Å². The molecule has 0 atom stereocenters. The molecule has 0 radical (unpaired) electrons. The van der Waals surface area contributed by atoms with Crippen LogP contribution in [0.3, 0.4) is 0 Å². The van der Waals surface area contributed by atoms with Gasteiger partial charge in [-0.15, -0.1) is 0 Å². The number of hydrogen-bond donors (Lipinski definition) is 2. The summed E-state index contributed by atoms with van der Waals surface area (Å²) >= 11 is 13.9. The van der Waals surface area contributed by atoms with Crippen molar-refractivity contribution in [1.82, 2.24) is 19.7 Å². The Bertz CT molecular complexity index is 1560. The normalized spacial score (nSPS) is 11.6. The highest BCUT2D eigenvalue weighted by Crippen LogP contribution is 2.30. The van der Waals surface area contributed by atoms with Gasteiger partial charge in [0.05, 0.1) is 17.0 Å². The highest BCUT2D eigenvalue weighted by Gasteiger charge is 2.32. The number of thioether (sulfide) groups is 1. The molecule has 2 N–H and O–H groups in total. The molecule has 37 heavy (non-hydrogen) atoms. The van der Waals surface area contributed by atoms with Crippen molar-refractivity contribution in [3.63, 3.8) is 0 Å². The maximum Gasteiger partial charge on any atom is 0.304 e. The van der Waals surface area contributed by atoms with E-state index in [-0.39, 0.29) is 23.6 Å². The third kappa shape index (κ3) is 6.32. The molecule has 2 aromatic heterocycles. The second-order valence-corrected chi connectivity index (χ2v) is 11.9. The molecular formula is C24H21ClFN5O3S3. The van der Waals surface area contributed by atoms with E-state index in [4.69, 9.17) is 28.9 Å². The highest BCUT2D eigenvalue weighted by atomic mass is 35.5. The summed E-state index contributed by atoms with van der Waals surface area (Å²) in [6, 6.07) is 9.75. The van der Waals surface area contributed by atoms with Crippen LogP contribution in [-0.4, -0.2) is 42.4 Å². The van der Waals surface area contributed by atoms with Crippen LogP contribution in [0.15, 0.2) is 47.1 Å². The van der Waals surface area contributed by atoms with Gasteiger partial charge in [-0.1, -0.05) is 40.8 Å². The van der Waals surface area contributed by atoms with Gasteiger partial charge in [-0.2, -0.15) is 5.10 Å². The number of aliphatic carboxylic acids is 1. The van der Waals surface area contributed by atoms with Crippen molar-refractivity contribution in [3.05, 3.63) is 63.1 Å². The molecule has 0 fully saturated rings. The number of ketones is 1. The number of anilines is 2. The molecule has 8 nitrogen and oxygen atoms in total. The number of halogens is 2. The Labute approximate surface area is 229 Å². The first-order chi connectivity index (χ1) is 17.5. The van der Waals surface area contributed by atoms with Gasteiger partial charge in [0.15, 0.2) is 14.1 Å². The minimum absolute atomic E-state index is 0.00997. The fraction of sp³-hybridized carbons (Fsp3) is 0.250. The average Bonchev–Trinajstić information content (AvgIpc) is 3.22. The zero-order valence-electron chi connectivity index (χ0n) is 19.7. The molecule has 0 saturated heterocycles. The lowest BCUT2D eigenvalue weighted by molar-refractivity contribution is -0.136. The summed E-state index contributed by atoms with van der Waals surface area (Å²) in [5.41, 5.74) is 0.959. The minimum Gasteiger partial charge on any atom is -0.481 e. The van der Waals surface area contributed by atoms with Crippen LogP contribution < -0.4 is 5.32 Å². The quantitative estimate of drug-likeness (QED) is 0.166. The molecular weight excluding hydrogens is 557 g/mol. The Kier molecular flexibility index (Phi) is 8.22. The number of benzene rings is 2. The number of fused-ring (bicyclic) bond motifs is 1. The van der Waals surface area contributed by atoms with E-state index in [0.29, 0.717) is 36.5 Å². The van der Waals surface area contributed by atoms with Gasteiger partial charge >= 0.3 is 5.97 Å². The van der Waals surface area contributed by atoms with Crippen LogP contribution in [-0.2, 0) is 21.5 Å². The van der Waals surface area contributed by atoms with E-state index >= 15 is 0 Å². The number of aromatic nitrogens is 4. The van der Waals surface area contributed by atoms with Gasteiger partial charge in [0.1, 0.15) is 23.5 Å². The van der Waals surface area contributed by atoms with E-state index in [1.807, 2.05) is 12.1 Å². The Morgan fingerprint density at radius 2 is 2.03 bits per heavy atom. The van der Waals surface area contributed by atoms with Gasteiger partial charge in [0.2, 0.25) is 0 Å². The van der Waals surface area contributed by atoms with Crippen LogP contribution in [0.2, 0.25) is 5.02 Å². The number of carbonyl (C=O) groups is 2. The van der Waals surface area contributed by atoms with E-state index in [1.54, 1.807) is 26.0 Å². The number of carboxylic acids is 1. The number of nitrogens with one attached hydrogen (secondary N) is 1. The first-order valence-corrected chi connectivity index (χ1v) is 13.6. The van der Waals surface area contributed by atoms with Crippen molar-refractivity contribution in [2.75, 3.05) is 11.1 Å². The Morgan fingerprint density at radius 3 is 2.76 bits per heavy atom. The first-order valence-electron chi connectivity index (χ1n) is 11.0. The maximum absolute atomic E-state index is 13.5. The van der Waals surface area contributed by atoms with Gasteiger partial charge in [0, 0.05) is 23.2 Å². The molecule has 4 rings (SSSR count). The second-order valence-electron chi connectivity index (χ2n) is 8.52. The molecule has 0 bridgehead atoms. The lowest BCUT2D eigenvalue weighted by atomic mass is 9.93. The van der Waals surface area contributed by atoms with E-state index in [2.05, 4.69) is 20.4 Å². The maximum atomic E-state index is 13.5. The molecule has 0 spiro atoms. The standard InChI is InChI=1S/C24H21ClFN5O3S3/c1-24(2,31-23(35)37-22(30-31)36-8-7-20(33)34)19(32)10-13-3-6-18-15(9-13)21(28-12-27-18)29-14-4-5-17(26)16(25)11-14/h3-6,9,11-12H,7-8,10H2,1-2H3,(H,33,34)(H,27,28,29). The number of rotatable bonds is 10. The zero-order valence-corrected chi connectivity index (χ0v) is 22.9. The van der Waals surface area contributed by atoms with Crippen LogP contribution in [0.4, 0.5) is 15.9 Å². The average molecular weight is 578 g/mol. The molecule has 4 aromatic rings. The predicted molar refractivity (Wildman–Crippen MR) is 146 cm³/mol. The van der Waals surface area contributed by atoms with Crippen molar-refractivity contribution < 1.29 is 19.1 Å². The number of Topliss-reactive ketones (excluding diaryl/α,β-unsaturated/α-hetero) is 1. The number of carboxylic acid groups (broad SMARTS) is 1. The fourth-order valence-electron chi connectivity index (χ4n) is 3.44. The van der Waals surface area contributed by atoms with Crippen LogP contribution in [0.5, 0.6) is 0 Å². The zero-order chi connectivity index (χ0) is 26.7. The van der Waals surface area contributed by atoms with E-state index in [1.165, 1.54) is 46.2 Å². The Morgan fingerprint density at radius 1 is 1.24 bits per heavy atom. The van der Waals surface area contributed by atoms with Crippen LogP contribution >= 0.6 is 46.9 Å². The fourth-order valence-corrected chi connectivity index (χ4v) is 6.23. The van der Waals surface area contributed by atoms with Crippen molar-refractivity contribution in [2.24, 2.45) is 0 Å². The number of hydrogen-bond acceptors (Lipinski definition) is 9. The second kappa shape index (κ2) is 11.2. The Hall–Kier alpha value is -2.93. The van der Waals surface area contributed by atoms with Crippen LogP contribution in [0.25, 0.3) is 10.9 Å². The van der Waals surface area contributed by atoms with Gasteiger partial charge in [-0.3, -0.25) is 9.59 Å². The summed E-state index contributed by atoms with van der Waals surface area (Å²) in [7, 11) is 0. The molecule has 13 heteroatoms. The first kappa shape index (κ1) is 27.1. The van der Waals surface area contributed by atoms with Crippen molar-refractivity contribution >= 4 is 81.1 Å². The van der Waals surface area contributed by atoms with Gasteiger partial charge in [-0.25, -0.2) is 19.0 Å². The summed E-state index contributed by atoms with van der Waals surface area (Å²) in [6.07, 6.45) is 1.54. The summed E-state index contributed by atoms with van der Waals surface area (Å²) in [6.45, 7) is 3.51. The minimum atomic E-state index is -1.02. The van der Waals surface area contributed by atoms with Gasteiger partial charge in [0.25, 0.3) is 0 Å². The summed E-state index contributed by atoms with van der Waals surface area (Å²) in [4.78, 5) is 32.8. The van der Waals surface area contributed by atoms with Crippen LogP contribution in [0.1, 0.15) is 25.8 Å². The topological polar surface area (TPSA) is 110 Å². The molecule has 0 aliphatic carbocycles. The lowest BCUT2D eigenvalue weighted by Gasteiger charge is -2.23. The van der Waals surface area contributed by atoms with E-state index < -0.39 is 17.3 Å². The third-order valence-corrected chi connectivity index (χ3v) is 8.19. The SMILES string of the molecule is CC(C)(C(=O)Cc1ccc2ncnc(Nc3ccc(F)c(Cl)c3)c2c1)n1nc(SCCC(=O)O)sc1=S. The monoisotopic (exact) mass is 577 g/mol. The summed E-state index contributed by atoms with van der Waals surface area (Å²) in [5, 5.41) is 17.1. The largest absolute Gasteiger partial charge is 0.481 e. The lowest BCUT2D eigenvalue weighted by Crippen LogP contribution is -2.38. The molecule has 192 valence electrons. The van der Waals surface area contributed by atoms with Crippen molar-refractivity contribution in [3.8, 4) is 0 Å². The Balaban J connectivity index is 1.56. The molecule has 0 aliphatic heterocycles. The third-order valence-electron chi connectivity index (χ3n) is 5.53.